The highest BCUT2D eigenvalue weighted by atomic mass is 32.1. The Morgan fingerprint density at radius 2 is 2.00 bits per heavy atom. The van der Waals surface area contributed by atoms with Crippen molar-refractivity contribution in [1.82, 2.24) is 5.32 Å². The second-order valence-electron chi connectivity index (χ2n) is 6.74. The second kappa shape index (κ2) is 6.95. The maximum atomic E-state index is 12.5. The lowest BCUT2D eigenvalue weighted by Gasteiger charge is -2.19. The Labute approximate surface area is 132 Å². The fourth-order valence-corrected chi connectivity index (χ4v) is 4.85. The van der Waals surface area contributed by atoms with Crippen LogP contribution in [0.25, 0.3) is 0 Å². The van der Waals surface area contributed by atoms with Crippen LogP contribution in [0, 0.1) is 5.92 Å². The minimum Gasteiger partial charge on any atom is -0.349 e. The van der Waals surface area contributed by atoms with E-state index in [0.29, 0.717) is 6.04 Å². The van der Waals surface area contributed by atoms with E-state index in [2.05, 4.69) is 18.3 Å². The molecule has 1 unspecified atom stereocenters. The normalized spacial score (nSPS) is 23.4. The van der Waals surface area contributed by atoms with E-state index in [1.807, 2.05) is 0 Å². The van der Waals surface area contributed by atoms with Crippen molar-refractivity contribution >= 4 is 17.2 Å². The van der Waals surface area contributed by atoms with E-state index in [1.54, 1.807) is 11.3 Å². The molecule has 0 aliphatic heterocycles. The zero-order chi connectivity index (χ0) is 14.7. The van der Waals surface area contributed by atoms with E-state index in [1.165, 1.54) is 61.8 Å². The first-order valence-corrected chi connectivity index (χ1v) is 9.50. The number of fused-ring (bicyclic) bond motifs is 1. The summed E-state index contributed by atoms with van der Waals surface area (Å²) >= 11 is 1.74. The Morgan fingerprint density at radius 1 is 1.24 bits per heavy atom. The number of hydrogen-bond acceptors (Lipinski definition) is 2. The van der Waals surface area contributed by atoms with Gasteiger partial charge in [0, 0.05) is 10.9 Å². The fourth-order valence-electron chi connectivity index (χ4n) is 3.74. The SMILES string of the molecule is CCC1CCc2sc(C(=O)NC3CCCCCC3)cc2C1. The van der Waals surface area contributed by atoms with Gasteiger partial charge in [0.2, 0.25) is 0 Å². The first-order valence-electron chi connectivity index (χ1n) is 8.68. The van der Waals surface area contributed by atoms with Crippen molar-refractivity contribution in [1.29, 1.82) is 0 Å². The lowest BCUT2D eigenvalue weighted by atomic mass is 9.87. The van der Waals surface area contributed by atoms with Crippen LogP contribution in [0.5, 0.6) is 0 Å². The van der Waals surface area contributed by atoms with Crippen LogP contribution in [0.2, 0.25) is 0 Å². The zero-order valence-electron chi connectivity index (χ0n) is 13.1. The van der Waals surface area contributed by atoms with E-state index < -0.39 is 0 Å². The standard InChI is InChI=1S/C18H27NOS/c1-2-13-9-10-16-14(11-13)12-17(21-16)18(20)19-15-7-5-3-4-6-8-15/h12-13,15H,2-11H2,1H3,(H,19,20). The summed E-state index contributed by atoms with van der Waals surface area (Å²) in [5.74, 6) is 0.999. The highest BCUT2D eigenvalue weighted by Gasteiger charge is 2.23. The van der Waals surface area contributed by atoms with Gasteiger partial charge in [0.05, 0.1) is 4.88 Å². The van der Waals surface area contributed by atoms with E-state index in [0.717, 1.165) is 23.6 Å². The van der Waals surface area contributed by atoms with Gasteiger partial charge >= 0.3 is 0 Å². The molecule has 2 aliphatic rings. The molecule has 1 heterocycles. The van der Waals surface area contributed by atoms with E-state index in [9.17, 15) is 4.79 Å². The van der Waals surface area contributed by atoms with Gasteiger partial charge in [-0.15, -0.1) is 11.3 Å². The second-order valence-corrected chi connectivity index (χ2v) is 7.87. The largest absolute Gasteiger partial charge is 0.349 e. The maximum Gasteiger partial charge on any atom is 0.261 e. The Balaban J connectivity index is 1.64. The van der Waals surface area contributed by atoms with Crippen molar-refractivity contribution in [3.8, 4) is 0 Å². The molecule has 1 aromatic rings. The van der Waals surface area contributed by atoms with E-state index >= 15 is 0 Å². The van der Waals surface area contributed by atoms with Crippen molar-refractivity contribution in [3.05, 3.63) is 21.4 Å². The quantitative estimate of drug-likeness (QED) is 0.805. The number of carbonyl (C=O) groups excluding carboxylic acids is 1. The van der Waals surface area contributed by atoms with Crippen LogP contribution in [-0.4, -0.2) is 11.9 Å². The molecule has 1 N–H and O–H groups in total. The van der Waals surface area contributed by atoms with Gasteiger partial charge in [-0.2, -0.15) is 0 Å². The van der Waals surface area contributed by atoms with Gasteiger partial charge in [-0.25, -0.2) is 0 Å². The summed E-state index contributed by atoms with van der Waals surface area (Å²) in [6.45, 7) is 2.28. The summed E-state index contributed by atoms with van der Waals surface area (Å²) in [5.41, 5.74) is 1.45. The summed E-state index contributed by atoms with van der Waals surface area (Å²) < 4.78 is 0. The van der Waals surface area contributed by atoms with Crippen LogP contribution in [0.3, 0.4) is 0 Å². The number of aryl methyl sites for hydroxylation is 1. The highest BCUT2D eigenvalue weighted by Crippen LogP contribution is 2.33. The molecule has 1 aromatic heterocycles. The molecule has 21 heavy (non-hydrogen) atoms. The molecule has 0 radical (unpaired) electrons. The number of amides is 1. The molecule has 1 atom stereocenters. The van der Waals surface area contributed by atoms with Crippen molar-refractivity contribution in [2.75, 3.05) is 0 Å². The Kier molecular flexibility index (Phi) is 4.99. The number of nitrogens with one attached hydrogen (secondary N) is 1. The molecule has 0 bridgehead atoms. The Hall–Kier alpha value is -0.830. The van der Waals surface area contributed by atoms with E-state index in [-0.39, 0.29) is 5.91 Å². The van der Waals surface area contributed by atoms with Crippen LogP contribution in [0.1, 0.15) is 78.4 Å². The van der Waals surface area contributed by atoms with Gasteiger partial charge in [0.15, 0.2) is 0 Å². The maximum absolute atomic E-state index is 12.5. The molecule has 0 aromatic carbocycles. The molecule has 3 heteroatoms. The third kappa shape index (κ3) is 3.68. The molecule has 116 valence electrons. The Morgan fingerprint density at radius 3 is 2.71 bits per heavy atom. The molecule has 1 saturated carbocycles. The average molecular weight is 305 g/mol. The lowest BCUT2D eigenvalue weighted by Crippen LogP contribution is -2.33. The van der Waals surface area contributed by atoms with Crippen molar-refractivity contribution in [2.24, 2.45) is 5.92 Å². The number of thiophene rings is 1. The summed E-state index contributed by atoms with van der Waals surface area (Å²) in [6, 6.07) is 2.58. The third-order valence-electron chi connectivity index (χ3n) is 5.18. The summed E-state index contributed by atoms with van der Waals surface area (Å²) in [4.78, 5) is 14.9. The van der Waals surface area contributed by atoms with E-state index in [4.69, 9.17) is 0 Å². The van der Waals surface area contributed by atoms with Gasteiger partial charge in [-0.05, 0) is 49.7 Å². The number of rotatable bonds is 3. The van der Waals surface area contributed by atoms with Crippen molar-refractivity contribution in [2.45, 2.75) is 77.2 Å². The molecule has 3 rings (SSSR count). The first kappa shape index (κ1) is 15.1. The fraction of sp³-hybridized carbons (Fsp3) is 0.722. The molecule has 0 saturated heterocycles. The van der Waals surface area contributed by atoms with Crippen molar-refractivity contribution < 1.29 is 4.79 Å². The van der Waals surface area contributed by atoms with Crippen LogP contribution in [0.15, 0.2) is 6.07 Å². The van der Waals surface area contributed by atoms with Crippen LogP contribution >= 0.6 is 11.3 Å². The zero-order valence-corrected chi connectivity index (χ0v) is 13.9. The topological polar surface area (TPSA) is 29.1 Å². The number of hydrogen-bond donors (Lipinski definition) is 1. The number of carbonyl (C=O) groups is 1. The van der Waals surface area contributed by atoms with Gasteiger partial charge in [0.25, 0.3) is 5.91 Å². The molecule has 1 fully saturated rings. The van der Waals surface area contributed by atoms with Crippen LogP contribution < -0.4 is 5.32 Å². The monoisotopic (exact) mass is 305 g/mol. The van der Waals surface area contributed by atoms with Gasteiger partial charge < -0.3 is 5.32 Å². The molecule has 0 spiro atoms. The van der Waals surface area contributed by atoms with Gasteiger partial charge in [-0.1, -0.05) is 39.0 Å². The molecule has 1 amide bonds. The van der Waals surface area contributed by atoms with Gasteiger partial charge in [-0.3, -0.25) is 4.79 Å². The van der Waals surface area contributed by atoms with Gasteiger partial charge in [0.1, 0.15) is 0 Å². The average Bonchev–Trinajstić information content (AvgIpc) is 2.76. The minimum absolute atomic E-state index is 0.175. The molecule has 2 nitrogen and oxygen atoms in total. The smallest absolute Gasteiger partial charge is 0.261 e. The lowest BCUT2D eigenvalue weighted by molar-refractivity contribution is 0.0937. The minimum atomic E-state index is 0.175. The Bertz CT molecular complexity index is 485. The predicted octanol–water partition coefficient (Wildman–Crippen LogP) is 4.72. The highest BCUT2D eigenvalue weighted by molar-refractivity contribution is 7.14. The summed E-state index contributed by atoms with van der Waals surface area (Å²) in [5, 5.41) is 3.28. The molecular weight excluding hydrogens is 278 g/mol. The van der Waals surface area contributed by atoms with Crippen LogP contribution in [-0.2, 0) is 12.8 Å². The summed E-state index contributed by atoms with van der Waals surface area (Å²) in [7, 11) is 0. The third-order valence-corrected chi connectivity index (χ3v) is 6.41. The summed E-state index contributed by atoms with van der Waals surface area (Å²) in [6.07, 6.45) is 12.4. The van der Waals surface area contributed by atoms with Crippen molar-refractivity contribution in [3.63, 3.8) is 0 Å². The predicted molar refractivity (Wildman–Crippen MR) is 89.1 cm³/mol. The molecule has 2 aliphatic carbocycles. The first-order chi connectivity index (χ1) is 10.3. The molecular formula is C18H27NOS. The van der Waals surface area contributed by atoms with Crippen LogP contribution in [0.4, 0.5) is 0 Å².